The number of amides is 6. The average Bonchev–Trinajstić information content (AvgIpc) is 3.28. The molecular weight excluding hydrogens is 988 g/mol. The van der Waals surface area contributed by atoms with Gasteiger partial charge in [-0.05, 0) is 80.3 Å². The van der Waals surface area contributed by atoms with Gasteiger partial charge in [-0.15, -0.1) is 0 Å². The number of aliphatic carboxylic acids is 3. The van der Waals surface area contributed by atoms with Crippen molar-refractivity contribution in [1.29, 1.82) is 0 Å². The van der Waals surface area contributed by atoms with E-state index in [1.165, 1.54) is 36.4 Å². The largest absolute Gasteiger partial charge is 0.524 e. The lowest BCUT2D eigenvalue weighted by Gasteiger charge is -2.28. The molecule has 2 rings (SSSR count). The second-order valence-corrected chi connectivity index (χ2v) is 18.4. The number of nitrogens with zero attached hydrogens (tertiary/aromatic N) is 1. The van der Waals surface area contributed by atoms with Gasteiger partial charge < -0.3 is 79.2 Å². The number of phosphoric ester groups is 1. The Morgan fingerprint density at radius 2 is 1.04 bits per heavy atom. The fourth-order valence-corrected chi connectivity index (χ4v) is 7.21. The fraction of sp³-hybridized carbons (Fsp3) is 0.500. The first-order valence-electron chi connectivity index (χ1n) is 22.6. The number of phenolic OH excluding ortho intramolecular Hbond substituents is 1. The minimum absolute atomic E-state index is 0.00562. The van der Waals surface area contributed by atoms with Crippen LogP contribution in [0.4, 0.5) is 0 Å². The molecule has 0 aromatic heterocycles. The maximum Gasteiger partial charge on any atom is 0.524 e. The maximum absolute atomic E-state index is 14.2. The van der Waals surface area contributed by atoms with Gasteiger partial charge in [0.1, 0.15) is 47.8 Å². The Hall–Kier alpha value is -7.39. The summed E-state index contributed by atoms with van der Waals surface area (Å²) in [5.74, 6) is -11.7. The number of benzene rings is 2. The molecule has 0 aliphatic carbocycles. The minimum Gasteiger partial charge on any atom is -0.508 e. The number of carboxylic acids is 3. The van der Waals surface area contributed by atoms with Crippen LogP contribution in [-0.4, -0.2) is 150 Å². The standard InChI is InChI=1S/C44H65N10O18P/c1-22(2)19-28(45)37(61)52-32(20-24-6-10-26(56)11-7-24)40(64)50-29(14-16-34(57)58)38(62)49-30(15-17-35(59)60)39(63)53-33(21-25-8-12-27(13-9-25)72-73(69,70)71)41(65)54-36(23(3)55)42(66)51-31(43(67)68)5-4-18-48-44(46)47/h6-13,22-23,28-33,36,55-56H,4-5,14-21,45H2,1-3H3,(H,49,62)(H,50,64)(H,51,66)(H,52,61)(H,53,63)(H,54,65)(H,57,58)(H,59,60)(H,67,68)(H4,46,47,48)(H2,69,70,71)/t23-,28+,29+,30+,31+,32+,33+,36+/m1/s1. The molecule has 8 atom stereocenters. The molecule has 2 aromatic rings. The lowest BCUT2D eigenvalue weighted by atomic mass is 10.0. The van der Waals surface area contributed by atoms with Crippen LogP contribution in [0.3, 0.4) is 0 Å². The van der Waals surface area contributed by atoms with Gasteiger partial charge in [-0.25, -0.2) is 9.36 Å². The number of nitrogens with two attached hydrogens (primary N) is 3. The number of aromatic hydroxyl groups is 1. The summed E-state index contributed by atoms with van der Waals surface area (Å²) in [7, 11) is -5.02. The van der Waals surface area contributed by atoms with Crippen molar-refractivity contribution in [3.8, 4) is 11.5 Å². The van der Waals surface area contributed by atoms with E-state index < -0.39 is 142 Å². The summed E-state index contributed by atoms with van der Waals surface area (Å²) >= 11 is 0. The minimum atomic E-state index is -5.02. The second kappa shape index (κ2) is 29.8. The highest BCUT2D eigenvalue weighted by Crippen LogP contribution is 2.37. The number of guanidine groups is 1. The molecule has 73 heavy (non-hydrogen) atoms. The molecule has 2 aromatic carbocycles. The number of hydrogen-bond acceptors (Lipinski definition) is 15. The van der Waals surface area contributed by atoms with Crippen LogP contribution >= 0.6 is 7.82 Å². The van der Waals surface area contributed by atoms with Crippen molar-refractivity contribution in [1.82, 2.24) is 31.9 Å². The van der Waals surface area contributed by atoms with Crippen molar-refractivity contribution in [2.24, 2.45) is 28.1 Å². The number of aliphatic imine (C=N–C) groups is 1. The Bertz CT molecular complexity index is 2310. The normalized spacial score (nSPS) is 14.5. The lowest BCUT2D eigenvalue weighted by molar-refractivity contribution is -0.143. The lowest BCUT2D eigenvalue weighted by Crippen LogP contribution is -2.61. The van der Waals surface area contributed by atoms with E-state index in [4.69, 9.17) is 17.2 Å². The van der Waals surface area contributed by atoms with Gasteiger partial charge in [0.25, 0.3) is 0 Å². The molecule has 0 saturated carbocycles. The van der Waals surface area contributed by atoms with Gasteiger partial charge in [-0.3, -0.25) is 53.1 Å². The van der Waals surface area contributed by atoms with E-state index in [9.17, 15) is 83.0 Å². The molecule has 404 valence electrons. The number of carbonyl (C=O) groups excluding carboxylic acids is 6. The number of carbonyl (C=O) groups is 9. The third-order valence-electron chi connectivity index (χ3n) is 10.5. The predicted octanol–water partition coefficient (Wildman–Crippen LogP) is -2.82. The van der Waals surface area contributed by atoms with Crippen LogP contribution in [0.15, 0.2) is 53.5 Å². The zero-order chi connectivity index (χ0) is 55.2. The van der Waals surface area contributed by atoms with E-state index in [0.717, 1.165) is 19.1 Å². The van der Waals surface area contributed by atoms with E-state index in [1.54, 1.807) is 0 Å². The van der Waals surface area contributed by atoms with E-state index in [1.807, 2.05) is 13.8 Å². The number of nitrogens with one attached hydrogen (secondary N) is 6. The maximum atomic E-state index is 14.2. The Balaban J connectivity index is 2.56. The van der Waals surface area contributed by atoms with Gasteiger partial charge in [-0.2, -0.15) is 0 Å². The van der Waals surface area contributed by atoms with Gasteiger partial charge in [0.2, 0.25) is 35.4 Å². The number of rotatable bonds is 32. The topological polar surface area (TPSA) is 484 Å². The Labute approximate surface area is 418 Å². The summed E-state index contributed by atoms with van der Waals surface area (Å²) in [4.78, 5) is 141. The van der Waals surface area contributed by atoms with Gasteiger partial charge in [-0.1, -0.05) is 38.1 Å². The molecule has 0 unspecified atom stereocenters. The number of carboxylic acid groups (broad SMARTS) is 3. The molecule has 29 heteroatoms. The highest BCUT2D eigenvalue weighted by molar-refractivity contribution is 7.46. The van der Waals surface area contributed by atoms with Crippen LogP contribution in [0.5, 0.6) is 11.5 Å². The van der Waals surface area contributed by atoms with E-state index in [0.29, 0.717) is 5.56 Å². The van der Waals surface area contributed by atoms with E-state index in [-0.39, 0.29) is 61.2 Å². The number of aliphatic hydroxyl groups is 1. The molecule has 0 fully saturated rings. The molecular formula is C44H65N10O18P. The third kappa shape index (κ3) is 24.1. The molecule has 0 spiro atoms. The van der Waals surface area contributed by atoms with Crippen molar-refractivity contribution in [2.75, 3.05) is 6.54 Å². The SMILES string of the molecule is CC(C)C[C@H](N)C(=O)N[C@@H](Cc1ccc(O)cc1)C(=O)N[C@@H](CCC(=O)O)C(=O)N[C@@H](CCC(=O)O)C(=O)N[C@@H](Cc1ccc(OP(=O)(O)O)cc1)C(=O)N[C@H](C(=O)N[C@@H](CCCN=C(N)N)C(=O)O)[C@@H](C)O. The summed E-state index contributed by atoms with van der Waals surface area (Å²) in [5.41, 5.74) is 17.2. The van der Waals surface area contributed by atoms with Crippen molar-refractivity contribution in [2.45, 2.75) is 127 Å². The predicted molar refractivity (Wildman–Crippen MR) is 257 cm³/mol. The Kier molecular flexibility index (Phi) is 25.2. The number of hydrogen-bond donors (Lipinski definition) is 16. The molecule has 0 saturated heterocycles. The molecule has 0 aliphatic heterocycles. The number of phosphoric acid groups is 1. The van der Waals surface area contributed by atoms with Crippen LogP contribution < -0.4 is 53.6 Å². The number of phenols is 1. The summed E-state index contributed by atoms with van der Waals surface area (Å²) in [6, 6.07) is -1.23. The molecule has 0 aliphatic rings. The van der Waals surface area contributed by atoms with Crippen LogP contribution in [0.25, 0.3) is 0 Å². The highest BCUT2D eigenvalue weighted by atomic mass is 31.2. The molecule has 6 amide bonds. The number of aliphatic hydroxyl groups excluding tert-OH is 1. The van der Waals surface area contributed by atoms with Crippen molar-refractivity contribution in [3.05, 3.63) is 59.7 Å². The summed E-state index contributed by atoms with van der Waals surface area (Å²) in [6.07, 6.45) is -5.17. The molecule has 0 radical (unpaired) electrons. The van der Waals surface area contributed by atoms with Crippen LogP contribution in [0, 0.1) is 5.92 Å². The van der Waals surface area contributed by atoms with Gasteiger partial charge in [0.05, 0.1) is 12.1 Å². The van der Waals surface area contributed by atoms with Crippen LogP contribution in [0.2, 0.25) is 0 Å². The highest BCUT2D eigenvalue weighted by Gasteiger charge is 2.36. The van der Waals surface area contributed by atoms with Crippen LogP contribution in [-0.2, 0) is 60.6 Å². The first-order chi connectivity index (χ1) is 34.0. The third-order valence-corrected chi connectivity index (χ3v) is 10.9. The van der Waals surface area contributed by atoms with E-state index in [2.05, 4.69) is 41.4 Å². The summed E-state index contributed by atoms with van der Waals surface area (Å²) < 4.78 is 16.0. The second-order valence-electron chi connectivity index (χ2n) is 17.2. The molecule has 0 bridgehead atoms. The van der Waals surface area contributed by atoms with Crippen molar-refractivity contribution >= 4 is 67.1 Å². The molecule has 19 N–H and O–H groups in total. The summed E-state index contributed by atoms with van der Waals surface area (Å²) in [5, 5.41) is 63.3. The van der Waals surface area contributed by atoms with Gasteiger partial charge >= 0.3 is 25.7 Å². The first-order valence-corrected chi connectivity index (χ1v) is 24.2. The zero-order valence-corrected chi connectivity index (χ0v) is 41.0. The molecule has 28 nitrogen and oxygen atoms in total. The van der Waals surface area contributed by atoms with Gasteiger partial charge in [0, 0.05) is 32.2 Å². The van der Waals surface area contributed by atoms with Crippen LogP contribution in [0.1, 0.15) is 76.8 Å². The first kappa shape index (κ1) is 61.7. The van der Waals surface area contributed by atoms with Crippen molar-refractivity contribution in [3.63, 3.8) is 0 Å². The van der Waals surface area contributed by atoms with Gasteiger partial charge in [0.15, 0.2) is 5.96 Å². The fourth-order valence-electron chi connectivity index (χ4n) is 6.81. The average molecular weight is 1050 g/mol. The quantitative estimate of drug-likeness (QED) is 0.0152. The monoisotopic (exact) mass is 1050 g/mol. The van der Waals surface area contributed by atoms with Crippen molar-refractivity contribution < 1.29 is 87.6 Å². The Morgan fingerprint density at radius 1 is 0.616 bits per heavy atom. The Morgan fingerprint density at radius 3 is 1.47 bits per heavy atom. The zero-order valence-electron chi connectivity index (χ0n) is 40.1. The molecule has 0 heterocycles. The van der Waals surface area contributed by atoms with E-state index >= 15 is 0 Å². The smallest absolute Gasteiger partial charge is 0.508 e. The summed E-state index contributed by atoms with van der Waals surface area (Å²) in [6.45, 7) is 4.69.